The van der Waals surface area contributed by atoms with E-state index in [2.05, 4.69) is 9.88 Å². The highest BCUT2D eigenvalue weighted by Crippen LogP contribution is 2.25. The summed E-state index contributed by atoms with van der Waals surface area (Å²) in [6.07, 6.45) is -0.295. The van der Waals surface area contributed by atoms with Crippen LogP contribution in [0.4, 0.5) is 15.9 Å². The molecule has 7 nitrogen and oxygen atoms in total. The van der Waals surface area contributed by atoms with Crippen molar-refractivity contribution < 1.29 is 13.9 Å². The highest BCUT2D eigenvalue weighted by molar-refractivity contribution is 5.94. The van der Waals surface area contributed by atoms with E-state index in [9.17, 15) is 9.18 Å². The maximum absolute atomic E-state index is 14.9. The number of nitrogens with two attached hydrogens (primary N) is 1. The van der Waals surface area contributed by atoms with E-state index in [-0.39, 0.29) is 24.7 Å². The number of piperazine rings is 1. The molecule has 2 heterocycles. The average Bonchev–Trinajstić information content (AvgIpc) is 2.67. The molecule has 0 amide bonds. The average molecular weight is 385 g/mol. The first kappa shape index (κ1) is 19.6. The van der Waals surface area contributed by atoms with Crippen LogP contribution in [0.5, 0.6) is 0 Å². The lowest BCUT2D eigenvalue weighted by molar-refractivity contribution is -0.143. The zero-order valence-electron chi connectivity index (χ0n) is 15.8. The number of carbonyl (C=O) groups excluding carboxylic acids is 1. The van der Waals surface area contributed by atoms with Crippen molar-refractivity contribution in [3.63, 3.8) is 0 Å². The van der Waals surface area contributed by atoms with Crippen LogP contribution in [0.3, 0.4) is 0 Å². The summed E-state index contributed by atoms with van der Waals surface area (Å²) >= 11 is 0. The molecule has 2 aromatic rings. The standard InChI is InChI=1S/C20H24FN5O2/c1-14-4-2-7-18(24-14)26-10-8-25(9-11-26)16-6-3-5-15(20(16)21)13-28-19(27)12-17(22)23/h2-7H,8-13H2,1H3,(H3,22,23). The molecule has 1 fully saturated rings. The van der Waals surface area contributed by atoms with Crippen molar-refractivity contribution in [3.8, 4) is 0 Å². The number of hydrogen-bond acceptors (Lipinski definition) is 6. The van der Waals surface area contributed by atoms with Crippen LogP contribution < -0.4 is 15.5 Å². The third-order valence-corrected chi connectivity index (χ3v) is 4.60. The van der Waals surface area contributed by atoms with Crippen molar-refractivity contribution in [3.05, 3.63) is 53.5 Å². The first-order valence-electron chi connectivity index (χ1n) is 9.13. The van der Waals surface area contributed by atoms with Crippen LogP contribution in [0.1, 0.15) is 17.7 Å². The van der Waals surface area contributed by atoms with E-state index in [4.69, 9.17) is 15.9 Å². The van der Waals surface area contributed by atoms with Gasteiger partial charge in [-0.25, -0.2) is 9.37 Å². The van der Waals surface area contributed by atoms with E-state index >= 15 is 0 Å². The third-order valence-electron chi connectivity index (χ3n) is 4.60. The number of rotatable bonds is 6. The minimum atomic E-state index is -0.642. The fourth-order valence-corrected chi connectivity index (χ4v) is 3.17. The Hall–Kier alpha value is -3.16. The van der Waals surface area contributed by atoms with Crippen molar-refractivity contribution in [2.24, 2.45) is 5.73 Å². The van der Waals surface area contributed by atoms with Gasteiger partial charge in [0, 0.05) is 37.4 Å². The van der Waals surface area contributed by atoms with Gasteiger partial charge in [0.05, 0.1) is 5.69 Å². The quantitative estimate of drug-likeness (QED) is 0.450. The van der Waals surface area contributed by atoms with E-state index in [0.29, 0.717) is 24.3 Å². The van der Waals surface area contributed by atoms with Crippen LogP contribution in [-0.2, 0) is 16.1 Å². The number of benzene rings is 1. The highest BCUT2D eigenvalue weighted by Gasteiger charge is 2.22. The molecule has 0 unspecified atom stereocenters. The number of carbonyl (C=O) groups is 1. The second-order valence-electron chi connectivity index (χ2n) is 6.72. The number of amidine groups is 1. The van der Waals surface area contributed by atoms with Gasteiger partial charge in [0.1, 0.15) is 24.7 Å². The van der Waals surface area contributed by atoms with Gasteiger partial charge < -0.3 is 20.3 Å². The number of ether oxygens (including phenoxy) is 1. The topological polar surface area (TPSA) is 95.5 Å². The number of aryl methyl sites for hydroxylation is 1. The van der Waals surface area contributed by atoms with Gasteiger partial charge >= 0.3 is 5.97 Å². The van der Waals surface area contributed by atoms with E-state index in [1.807, 2.05) is 30.0 Å². The molecule has 1 saturated heterocycles. The number of nitrogens with zero attached hydrogens (tertiary/aromatic N) is 3. The lowest BCUT2D eigenvalue weighted by Crippen LogP contribution is -2.47. The van der Waals surface area contributed by atoms with Gasteiger partial charge in [-0.05, 0) is 25.1 Å². The number of esters is 1. The maximum Gasteiger partial charge on any atom is 0.313 e. The Balaban J connectivity index is 1.63. The Morgan fingerprint density at radius 1 is 1.18 bits per heavy atom. The van der Waals surface area contributed by atoms with E-state index in [1.54, 1.807) is 18.2 Å². The number of nitrogens with one attached hydrogen (secondary N) is 1. The first-order valence-corrected chi connectivity index (χ1v) is 9.13. The minimum absolute atomic E-state index is 0.182. The van der Waals surface area contributed by atoms with E-state index in [1.165, 1.54) is 0 Å². The van der Waals surface area contributed by atoms with Gasteiger partial charge in [-0.15, -0.1) is 0 Å². The van der Waals surface area contributed by atoms with E-state index in [0.717, 1.165) is 24.6 Å². The molecule has 148 valence electrons. The molecule has 1 aliphatic heterocycles. The van der Waals surface area contributed by atoms with Gasteiger partial charge in [-0.2, -0.15) is 0 Å². The number of anilines is 2. The van der Waals surface area contributed by atoms with Crippen LogP contribution in [0.25, 0.3) is 0 Å². The fourth-order valence-electron chi connectivity index (χ4n) is 3.17. The van der Waals surface area contributed by atoms with Crippen LogP contribution >= 0.6 is 0 Å². The molecule has 28 heavy (non-hydrogen) atoms. The van der Waals surface area contributed by atoms with Gasteiger partial charge in [0.25, 0.3) is 0 Å². The minimum Gasteiger partial charge on any atom is -0.460 e. The monoisotopic (exact) mass is 385 g/mol. The fraction of sp³-hybridized carbons (Fsp3) is 0.350. The van der Waals surface area contributed by atoms with Crippen molar-refractivity contribution in [1.29, 1.82) is 5.41 Å². The van der Waals surface area contributed by atoms with Gasteiger partial charge in [-0.1, -0.05) is 18.2 Å². The Labute approximate surface area is 163 Å². The van der Waals surface area contributed by atoms with Crippen molar-refractivity contribution in [2.45, 2.75) is 20.0 Å². The number of halogens is 1. The predicted molar refractivity (Wildman–Crippen MR) is 106 cm³/mol. The molecule has 3 rings (SSSR count). The summed E-state index contributed by atoms with van der Waals surface area (Å²) in [6.45, 7) is 4.60. The van der Waals surface area contributed by atoms with Crippen LogP contribution in [0.15, 0.2) is 36.4 Å². The molecule has 0 radical (unpaired) electrons. The van der Waals surface area contributed by atoms with Gasteiger partial charge in [0.2, 0.25) is 0 Å². The molecule has 0 atom stereocenters. The number of hydrogen-bond donors (Lipinski definition) is 2. The molecule has 8 heteroatoms. The van der Waals surface area contributed by atoms with Gasteiger partial charge in [0.15, 0.2) is 5.82 Å². The van der Waals surface area contributed by atoms with Crippen molar-refractivity contribution >= 4 is 23.3 Å². The van der Waals surface area contributed by atoms with Crippen molar-refractivity contribution in [1.82, 2.24) is 4.98 Å². The molecule has 3 N–H and O–H groups in total. The molecular formula is C20H24FN5O2. The Kier molecular flexibility index (Phi) is 6.08. The normalized spacial score (nSPS) is 14.1. The first-order chi connectivity index (χ1) is 13.4. The lowest BCUT2D eigenvalue weighted by Gasteiger charge is -2.37. The summed E-state index contributed by atoms with van der Waals surface area (Å²) in [5.41, 5.74) is 6.94. The number of pyridine rings is 1. The molecule has 1 aromatic carbocycles. The summed E-state index contributed by atoms with van der Waals surface area (Å²) < 4.78 is 19.9. The maximum atomic E-state index is 14.9. The Morgan fingerprint density at radius 3 is 2.54 bits per heavy atom. The zero-order chi connectivity index (χ0) is 20.1. The van der Waals surface area contributed by atoms with Crippen LogP contribution in [0, 0.1) is 18.2 Å². The lowest BCUT2D eigenvalue weighted by atomic mass is 10.1. The molecule has 0 aliphatic carbocycles. The summed E-state index contributed by atoms with van der Waals surface area (Å²) in [6, 6.07) is 11.0. The molecule has 0 saturated carbocycles. The molecule has 1 aliphatic rings. The molecule has 0 spiro atoms. The SMILES string of the molecule is Cc1cccc(N2CCN(c3cccc(COC(=O)CC(=N)N)c3F)CC2)n1. The zero-order valence-corrected chi connectivity index (χ0v) is 15.8. The predicted octanol–water partition coefficient (Wildman–Crippen LogP) is 2.22. The Morgan fingerprint density at radius 2 is 1.86 bits per heavy atom. The molecular weight excluding hydrogens is 361 g/mol. The second-order valence-corrected chi connectivity index (χ2v) is 6.72. The summed E-state index contributed by atoms with van der Waals surface area (Å²) in [5.74, 6) is -0.372. The summed E-state index contributed by atoms with van der Waals surface area (Å²) in [7, 11) is 0. The second kappa shape index (κ2) is 8.69. The highest BCUT2D eigenvalue weighted by atomic mass is 19.1. The third kappa shape index (κ3) is 4.76. The molecule has 1 aromatic heterocycles. The smallest absolute Gasteiger partial charge is 0.313 e. The Bertz CT molecular complexity index is 865. The van der Waals surface area contributed by atoms with Gasteiger partial charge in [-0.3, -0.25) is 10.2 Å². The largest absolute Gasteiger partial charge is 0.460 e. The van der Waals surface area contributed by atoms with E-state index < -0.39 is 5.97 Å². The van der Waals surface area contributed by atoms with Crippen molar-refractivity contribution in [2.75, 3.05) is 36.0 Å². The van der Waals surface area contributed by atoms with Crippen LogP contribution in [-0.4, -0.2) is 43.0 Å². The number of aromatic nitrogens is 1. The summed E-state index contributed by atoms with van der Waals surface area (Å²) in [5, 5.41) is 7.10. The van der Waals surface area contributed by atoms with Crippen LogP contribution in [0.2, 0.25) is 0 Å². The summed E-state index contributed by atoms with van der Waals surface area (Å²) in [4.78, 5) is 20.3. The molecule has 0 bridgehead atoms.